The lowest BCUT2D eigenvalue weighted by atomic mass is 9.77. The first kappa shape index (κ1) is 33.4. The van der Waals surface area contributed by atoms with Crippen LogP contribution in [0.2, 0.25) is 0 Å². The molecule has 3 aliphatic rings. The number of ether oxygens (including phenoxy) is 1. The quantitative estimate of drug-likeness (QED) is 0.220. The Morgan fingerprint density at radius 1 is 1.11 bits per heavy atom. The lowest BCUT2D eigenvalue weighted by Gasteiger charge is -2.35. The molecule has 0 bridgehead atoms. The minimum absolute atomic E-state index is 0.0203. The van der Waals surface area contributed by atoms with E-state index in [1.165, 1.54) is 29.7 Å². The number of benzene rings is 1. The molecule has 2 amide bonds. The smallest absolute Gasteiger partial charge is 0.270 e. The highest BCUT2D eigenvalue weighted by Gasteiger charge is 2.47. The Kier molecular flexibility index (Phi) is 10.5. The van der Waals surface area contributed by atoms with Crippen molar-refractivity contribution in [1.82, 2.24) is 15.2 Å². The van der Waals surface area contributed by atoms with E-state index in [2.05, 4.69) is 73.9 Å². The van der Waals surface area contributed by atoms with Crippen LogP contribution in [-0.2, 0) is 32.6 Å². The first-order chi connectivity index (χ1) is 21.6. The fourth-order valence-corrected chi connectivity index (χ4v) is 7.84. The fourth-order valence-electron chi connectivity index (χ4n) is 6.99. The molecule has 1 atom stereocenters. The summed E-state index contributed by atoms with van der Waals surface area (Å²) in [6.45, 7) is 7.78. The lowest BCUT2D eigenvalue weighted by molar-refractivity contribution is -0.128. The van der Waals surface area contributed by atoms with Crippen molar-refractivity contribution in [2.45, 2.75) is 83.2 Å². The van der Waals surface area contributed by atoms with Crippen LogP contribution in [0.5, 0.6) is 0 Å². The minimum Gasteiger partial charge on any atom is -0.360 e. The maximum atomic E-state index is 13.9. The molecule has 1 aliphatic heterocycles. The zero-order valence-electron chi connectivity index (χ0n) is 27.9. The molecule has 8 heteroatoms. The Labute approximate surface area is 271 Å². The van der Waals surface area contributed by atoms with Crippen LogP contribution < -0.4 is 5.32 Å². The highest BCUT2D eigenvalue weighted by Crippen LogP contribution is 2.42. The summed E-state index contributed by atoms with van der Waals surface area (Å²) in [5.74, 6) is 2.41. The Balaban J connectivity index is 1.28. The van der Waals surface area contributed by atoms with E-state index in [4.69, 9.17) is 9.73 Å². The van der Waals surface area contributed by atoms with Crippen molar-refractivity contribution in [3.8, 4) is 0 Å². The van der Waals surface area contributed by atoms with E-state index in [0.29, 0.717) is 26.0 Å². The summed E-state index contributed by atoms with van der Waals surface area (Å²) >= 11 is 0. The fraction of sp³-hybridized carbons (Fsp3) is 0.568. The molecule has 2 aromatic rings. The molecular formula is C37H52N4O3S. The predicted molar refractivity (Wildman–Crippen MR) is 187 cm³/mol. The summed E-state index contributed by atoms with van der Waals surface area (Å²) in [6, 6.07) is 10.4. The van der Waals surface area contributed by atoms with Crippen LogP contribution in [0.25, 0.3) is 6.08 Å². The molecule has 1 aromatic heterocycles. The Morgan fingerprint density at radius 2 is 1.87 bits per heavy atom. The summed E-state index contributed by atoms with van der Waals surface area (Å²) in [4.78, 5) is 38.8. The van der Waals surface area contributed by atoms with Crippen molar-refractivity contribution in [2.24, 2.45) is 10.9 Å². The molecule has 1 N–H and O–H groups in total. The highest BCUT2D eigenvalue weighted by atomic mass is 32.3. The summed E-state index contributed by atoms with van der Waals surface area (Å²) in [6.07, 6.45) is 20.2. The van der Waals surface area contributed by atoms with E-state index < -0.39 is 15.4 Å². The Hall–Kier alpha value is -2.97. The van der Waals surface area contributed by atoms with Gasteiger partial charge in [-0.1, -0.05) is 70.0 Å². The van der Waals surface area contributed by atoms with Crippen molar-refractivity contribution in [3.63, 3.8) is 0 Å². The molecule has 244 valence electrons. The van der Waals surface area contributed by atoms with Crippen LogP contribution in [-0.4, -0.2) is 77.0 Å². The average Bonchev–Trinajstić information content (AvgIpc) is 3.44. The topological polar surface area (TPSA) is 83.9 Å². The number of rotatable bonds is 12. The second kappa shape index (κ2) is 14.2. The first-order valence-electron chi connectivity index (χ1n) is 16.7. The molecule has 2 aliphatic carbocycles. The molecule has 0 saturated heterocycles. The molecular weight excluding hydrogens is 580 g/mol. The number of fused-ring (bicyclic) bond motifs is 1. The van der Waals surface area contributed by atoms with Gasteiger partial charge in [0.25, 0.3) is 5.91 Å². The molecule has 1 spiro atoms. The number of hydrogen-bond acceptors (Lipinski definition) is 5. The molecule has 2 heterocycles. The number of nitrogens with zero attached hydrogens (tertiary/aromatic N) is 3. The summed E-state index contributed by atoms with van der Waals surface area (Å²) in [7, 11) is -0.637. The van der Waals surface area contributed by atoms with Crippen molar-refractivity contribution in [3.05, 3.63) is 71.1 Å². The van der Waals surface area contributed by atoms with Crippen molar-refractivity contribution >= 4 is 33.6 Å². The zero-order chi connectivity index (χ0) is 32.1. The number of aromatic nitrogens is 1. The van der Waals surface area contributed by atoms with Crippen molar-refractivity contribution in [2.75, 3.05) is 43.9 Å². The SMILES string of the molecule is CCS(C)(C)CCOCNC(=O)C1(c2cccnc2)Cc2ccc(/C=C/CN3C(=O)C(C(C)C)=NC34CCCCCC4)cc2C1. The second-order valence-corrected chi connectivity index (χ2v) is 18.4. The van der Waals surface area contributed by atoms with E-state index in [1.807, 2.05) is 23.2 Å². The summed E-state index contributed by atoms with van der Waals surface area (Å²) < 4.78 is 5.87. The molecule has 1 saturated carbocycles. The third kappa shape index (κ3) is 7.38. The van der Waals surface area contributed by atoms with Crippen LogP contribution in [0.4, 0.5) is 0 Å². The highest BCUT2D eigenvalue weighted by molar-refractivity contribution is 8.32. The largest absolute Gasteiger partial charge is 0.360 e. The second-order valence-electron chi connectivity index (χ2n) is 13.9. The summed E-state index contributed by atoms with van der Waals surface area (Å²) in [5, 5.41) is 3.09. The maximum Gasteiger partial charge on any atom is 0.270 e. The molecule has 1 unspecified atom stereocenters. The number of pyridine rings is 1. The Bertz CT molecular complexity index is 1410. The van der Waals surface area contributed by atoms with Crippen molar-refractivity contribution < 1.29 is 14.3 Å². The van der Waals surface area contributed by atoms with Crippen molar-refractivity contribution in [1.29, 1.82) is 0 Å². The third-order valence-electron chi connectivity index (χ3n) is 10.1. The van der Waals surface area contributed by atoms with E-state index in [1.54, 1.807) is 6.20 Å². The zero-order valence-corrected chi connectivity index (χ0v) is 28.8. The number of nitrogens with one attached hydrogen (secondary N) is 1. The number of carbonyl (C=O) groups is 2. The van der Waals surface area contributed by atoms with E-state index in [0.717, 1.165) is 48.3 Å². The van der Waals surface area contributed by atoms with Gasteiger partial charge < -0.3 is 15.0 Å². The van der Waals surface area contributed by atoms with Gasteiger partial charge in [-0.05, 0) is 85.1 Å². The van der Waals surface area contributed by atoms with E-state index in [-0.39, 0.29) is 30.1 Å². The van der Waals surface area contributed by atoms with Crippen LogP contribution in [0.1, 0.15) is 81.5 Å². The van der Waals surface area contributed by atoms with Gasteiger partial charge in [-0.3, -0.25) is 19.6 Å². The van der Waals surface area contributed by atoms with Gasteiger partial charge >= 0.3 is 0 Å². The van der Waals surface area contributed by atoms with Crippen LogP contribution in [0.3, 0.4) is 0 Å². The van der Waals surface area contributed by atoms with Gasteiger partial charge in [-0.2, -0.15) is 0 Å². The number of hydrogen-bond donors (Lipinski definition) is 1. The van der Waals surface area contributed by atoms with E-state index >= 15 is 0 Å². The van der Waals surface area contributed by atoms with Gasteiger partial charge in [0.2, 0.25) is 5.91 Å². The number of amides is 2. The van der Waals surface area contributed by atoms with Crippen LogP contribution >= 0.6 is 10.0 Å². The van der Waals surface area contributed by atoms with E-state index in [9.17, 15) is 9.59 Å². The van der Waals surface area contributed by atoms with Gasteiger partial charge in [0, 0.05) is 30.6 Å². The molecule has 45 heavy (non-hydrogen) atoms. The normalized spacial score (nSPS) is 21.8. The average molecular weight is 633 g/mol. The molecule has 7 nitrogen and oxygen atoms in total. The third-order valence-corrected chi connectivity index (χ3v) is 12.9. The van der Waals surface area contributed by atoms with Crippen LogP contribution in [0, 0.1) is 5.92 Å². The van der Waals surface area contributed by atoms with Crippen LogP contribution in [0.15, 0.2) is 53.8 Å². The molecule has 1 fully saturated rings. The van der Waals surface area contributed by atoms with Gasteiger partial charge in [0.15, 0.2) is 0 Å². The Morgan fingerprint density at radius 3 is 2.56 bits per heavy atom. The molecule has 5 rings (SSSR count). The number of carbonyl (C=O) groups excluding carboxylic acids is 2. The standard InChI is InChI=1S/C37H52N4O3S/c1-6-45(4,5)22-21-44-27-39-35(43)36(32-14-11-19-38-26-32)24-30-16-15-29(23-31(30)25-36)13-12-20-41-34(42)33(28(2)3)40-37(41)17-9-7-8-10-18-37/h11-16,19,23,26,28H,6-10,17-18,20-22,24-25,27H2,1-5H3,(H,39,43)/b13-12+. The van der Waals surface area contributed by atoms with Gasteiger partial charge in [-0.25, -0.2) is 10.0 Å². The monoisotopic (exact) mass is 632 g/mol. The first-order valence-corrected chi connectivity index (χ1v) is 19.5. The molecule has 0 radical (unpaired) electrons. The molecule has 1 aromatic carbocycles. The van der Waals surface area contributed by atoms with Gasteiger partial charge in [-0.15, -0.1) is 0 Å². The summed E-state index contributed by atoms with van der Waals surface area (Å²) in [5.41, 5.74) is 3.97. The lowest BCUT2D eigenvalue weighted by Crippen LogP contribution is -2.46. The van der Waals surface area contributed by atoms with Gasteiger partial charge in [0.1, 0.15) is 18.1 Å². The minimum atomic E-state index is -0.728. The predicted octanol–water partition coefficient (Wildman–Crippen LogP) is 6.30. The van der Waals surface area contributed by atoms with Gasteiger partial charge in [0.05, 0.1) is 12.0 Å². The number of aliphatic imine (C=N–C) groups is 1. The maximum absolute atomic E-state index is 13.9.